The molecule has 0 saturated heterocycles. The van der Waals surface area contributed by atoms with Gasteiger partial charge in [-0.1, -0.05) is 0 Å². The van der Waals surface area contributed by atoms with Crippen molar-refractivity contribution in [3.05, 3.63) is 23.4 Å². The Morgan fingerprint density at radius 3 is 2.94 bits per heavy atom. The first kappa shape index (κ1) is 11.5. The van der Waals surface area contributed by atoms with E-state index < -0.39 is 0 Å². The number of fused-ring (bicyclic) bond motifs is 1. The fourth-order valence-electron chi connectivity index (χ4n) is 1.48. The normalized spacial score (nSPS) is 11.0. The summed E-state index contributed by atoms with van der Waals surface area (Å²) in [5.74, 6) is 0.607. The molecule has 0 saturated carbocycles. The Labute approximate surface area is 112 Å². The molecule has 3 rings (SSSR count). The quantitative estimate of drug-likeness (QED) is 0.742. The smallest absolute Gasteiger partial charge is 0.262 e. The van der Waals surface area contributed by atoms with Crippen LogP contribution in [0, 0.1) is 6.92 Å². The first-order valence-electron chi connectivity index (χ1n) is 5.29. The summed E-state index contributed by atoms with van der Waals surface area (Å²) in [6.07, 6.45) is 1.63. The summed E-state index contributed by atoms with van der Waals surface area (Å²) < 4.78 is 5.34. The number of nitrogens with one attached hydrogen (secondary N) is 1. The second-order valence-corrected chi connectivity index (χ2v) is 5.43. The number of thiophene rings is 1. The minimum atomic E-state index is 0.598. The zero-order valence-corrected chi connectivity index (χ0v) is 11.4. The van der Waals surface area contributed by atoms with Crippen LogP contribution >= 0.6 is 23.1 Å². The Balaban J connectivity index is 2.06. The van der Waals surface area contributed by atoms with E-state index in [2.05, 4.69) is 20.3 Å². The molecule has 0 radical (unpaired) electrons. The van der Waals surface area contributed by atoms with Crippen LogP contribution in [0.3, 0.4) is 0 Å². The molecule has 0 unspecified atom stereocenters. The Kier molecular flexibility index (Phi) is 2.92. The molecule has 0 aliphatic carbocycles. The van der Waals surface area contributed by atoms with Crippen LogP contribution in [0.1, 0.15) is 5.69 Å². The second kappa shape index (κ2) is 4.58. The third-order valence-corrected chi connectivity index (χ3v) is 3.97. The third kappa shape index (κ3) is 2.06. The molecule has 0 aliphatic rings. The standard InChI is InChI=1S/C11H10N4OS2/c1-6-5-16-11(13-6)18-9-7-3-4-17-8(7)14-10(12-2)15-9/h3-5H,1-2H3,(H,12,14,15). The predicted octanol–water partition coefficient (Wildman–Crippen LogP) is 3.18. The molecule has 3 aromatic rings. The number of oxazole rings is 1. The van der Waals surface area contributed by atoms with Crippen LogP contribution < -0.4 is 5.32 Å². The summed E-state index contributed by atoms with van der Waals surface area (Å²) in [6.45, 7) is 1.90. The van der Waals surface area contributed by atoms with Crippen molar-refractivity contribution in [3.8, 4) is 0 Å². The first-order valence-corrected chi connectivity index (χ1v) is 6.99. The topological polar surface area (TPSA) is 63.8 Å². The second-order valence-electron chi connectivity index (χ2n) is 3.60. The Morgan fingerprint density at radius 2 is 2.22 bits per heavy atom. The molecule has 0 aliphatic heterocycles. The zero-order valence-electron chi connectivity index (χ0n) is 9.80. The lowest BCUT2D eigenvalue weighted by atomic mass is 10.4. The minimum Gasteiger partial charge on any atom is -0.439 e. The van der Waals surface area contributed by atoms with Gasteiger partial charge in [-0.05, 0) is 30.1 Å². The minimum absolute atomic E-state index is 0.598. The van der Waals surface area contributed by atoms with Crippen LogP contribution in [0.25, 0.3) is 10.2 Å². The Bertz CT molecular complexity index is 691. The maximum absolute atomic E-state index is 5.34. The number of aryl methyl sites for hydroxylation is 1. The number of rotatable bonds is 3. The average molecular weight is 278 g/mol. The summed E-state index contributed by atoms with van der Waals surface area (Å²) in [6, 6.07) is 2.01. The van der Waals surface area contributed by atoms with Crippen molar-refractivity contribution in [2.45, 2.75) is 17.2 Å². The summed E-state index contributed by atoms with van der Waals surface area (Å²) in [5.41, 5.74) is 0.863. The van der Waals surface area contributed by atoms with Gasteiger partial charge in [-0.25, -0.2) is 15.0 Å². The monoisotopic (exact) mass is 278 g/mol. The Hall–Kier alpha value is -1.60. The molecule has 3 heterocycles. The molecular formula is C11H10N4OS2. The third-order valence-electron chi connectivity index (χ3n) is 2.30. The number of anilines is 1. The van der Waals surface area contributed by atoms with E-state index in [0.717, 1.165) is 20.9 Å². The van der Waals surface area contributed by atoms with E-state index in [1.807, 2.05) is 18.4 Å². The van der Waals surface area contributed by atoms with Gasteiger partial charge in [0.2, 0.25) is 5.95 Å². The molecule has 1 N–H and O–H groups in total. The van der Waals surface area contributed by atoms with E-state index in [9.17, 15) is 0 Å². The lowest BCUT2D eigenvalue weighted by molar-refractivity contribution is 0.454. The fraction of sp³-hybridized carbons (Fsp3) is 0.182. The predicted molar refractivity (Wildman–Crippen MR) is 72.3 cm³/mol. The number of hydrogen-bond acceptors (Lipinski definition) is 7. The van der Waals surface area contributed by atoms with Crippen molar-refractivity contribution in [1.82, 2.24) is 15.0 Å². The lowest BCUT2D eigenvalue weighted by Gasteiger charge is -2.02. The van der Waals surface area contributed by atoms with Crippen molar-refractivity contribution >= 4 is 39.3 Å². The summed E-state index contributed by atoms with van der Waals surface area (Å²) >= 11 is 3.00. The van der Waals surface area contributed by atoms with Gasteiger partial charge in [-0.3, -0.25) is 0 Å². The van der Waals surface area contributed by atoms with Crippen molar-refractivity contribution in [3.63, 3.8) is 0 Å². The zero-order chi connectivity index (χ0) is 12.5. The van der Waals surface area contributed by atoms with Gasteiger partial charge < -0.3 is 9.73 Å². The Morgan fingerprint density at radius 1 is 1.33 bits per heavy atom. The van der Waals surface area contributed by atoms with E-state index in [-0.39, 0.29) is 0 Å². The molecule has 0 fully saturated rings. The molecule has 3 aromatic heterocycles. The summed E-state index contributed by atoms with van der Waals surface area (Å²) in [5, 5.41) is 7.44. The van der Waals surface area contributed by atoms with Gasteiger partial charge in [0, 0.05) is 12.4 Å². The molecule has 92 valence electrons. The van der Waals surface area contributed by atoms with Crippen molar-refractivity contribution in [2.75, 3.05) is 12.4 Å². The molecule has 7 heteroatoms. The molecule has 18 heavy (non-hydrogen) atoms. The lowest BCUT2D eigenvalue weighted by Crippen LogP contribution is -1.96. The SMILES string of the molecule is CNc1nc(Sc2nc(C)co2)c2ccsc2n1. The fourth-order valence-corrected chi connectivity index (χ4v) is 3.17. The van der Waals surface area contributed by atoms with Crippen LogP contribution in [-0.4, -0.2) is 22.0 Å². The molecule has 0 atom stereocenters. The molecular weight excluding hydrogens is 268 g/mol. The van der Waals surface area contributed by atoms with Gasteiger partial charge in [0.15, 0.2) is 0 Å². The van der Waals surface area contributed by atoms with Crippen molar-refractivity contribution in [1.29, 1.82) is 0 Å². The molecule has 0 bridgehead atoms. The van der Waals surface area contributed by atoms with Gasteiger partial charge in [0.05, 0.1) is 5.69 Å². The summed E-state index contributed by atoms with van der Waals surface area (Å²) in [4.78, 5) is 14.1. The maximum atomic E-state index is 5.34. The number of hydrogen-bond donors (Lipinski definition) is 1. The number of aromatic nitrogens is 3. The average Bonchev–Trinajstić information content (AvgIpc) is 2.98. The van der Waals surface area contributed by atoms with Crippen LogP contribution in [0.2, 0.25) is 0 Å². The van der Waals surface area contributed by atoms with Gasteiger partial charge in [-0.15, -0.1) is 11.3 Å². The molecule has 5 nitrogen and oxygen atoms in total. The van der Waals surface area contributed by atoms with E-state index in [1.54, 1.807) is 24.6 Å². The van der Waals surface area contributed by atoms with Gasteiger partial charge in [0.25, 0.3) is 5.22 Å². The highest BCUT2D eigenvalue weighted by Gasteiger charge is 2.12. The van der Waals surface area contributed by atoms with E-state index >= 15 is 0 Å². The number of nitrogens with zero attached hydrogens (tertiary/aromatic N) is 3. The van der Waals surface area contributed by atoms with E-state index in [1.165, 1.54) is 11.8 Å². The summed E-state index contributed by atoms with van der Waals surface area (Å²) in [7, 11) is 1.80. The van der Waals surface area contributed by atoms with Gasteiger partial charge >= 0.3 is 0 Å². The molecule has 0 aromatic carbocycles. The highest BCUT2D eigenvalue weighted by molar-refractivity contribution is 7.99. The van der Waals surface area contributed by atoms with Crippen LogP contribution in [0.4, 0.5) is 5.95 Å². The van der Waals surface area contributed by atoms with E-state index in [4.69, 9.17) is 4.42 Å². The maximum Gasteiger partial charge on any atom is 0.262 e. The van der Waals surface area contributed by atoms with Gasteiger partial charge in [-0.2, -0.15) is 0 Å². The van der Waals surface area contributed by atoms with E-state index in [0.29, 0.717) is 11.2 Å². The molecule has 0 spiro atoms. The van der Waals surface area contributed by atoms with Crippen LogP contribution in [-0.2, 0) is 0 Å². The highest BCUT2D eigenvalue weighted by atomic mass is 32.2. The first-order chi connectivity index (χ1) is 8.76. The van der Waals surface area contributed by atoms with Crippen LogP contribution in [0.5, 0.6) is 0 Å². The highest BCUT2D eigenvalue weighted by Crippen LogP contribution is 2.33. The molecule has 0 amide bonds. The van der Waals surface area contributed by atoms with Crippen molar-refractivity contribution in [2.24, 2.45) is 0 Å². The largest absolute Gasteiger partial charge is 0.439 e. The van der Waals surface area contributed by atoms with Gasteiger partial charge in [0.1, 0.15) is 16.1 Å². The van der Waals surface area contributed by atoms with Crippen LogP contribution in [0.15, 0.2) is 32.4 Å². The van der Waals surface area contributed by atoms with Crippen molar-refractivity contribution < 1.29 is 4.42 Å².